The first-order chi connectivity index (χ1) is 10.2. The molecule has 1 saturated carbocycles. The van der Waals surface area contributed by atoms with Gasteiger partial charge in [0.1, 0.15) is 6.04 Å². The number of carbonyl (C=O) groups is 2. The highest BCUT2D eigenvalue weighted by Crippen LogP contribution is 2.31. The van der Waals surface area contributed by atoms with Crippen molar-refractivity contribution in [1.82, 2.24) is 10.6 Å². The topological polar surface area (TPSA) is 58.2 Å². The van der Waals surface area contributed by atoms with Crippen LogP contribution in [0.1, 0.15) is 58.3 Å². The zero-order chi connectivity index (χ0) is 15.1. The van der Waals surface area contributed by atoms with E-state index in [1.807, 2.05) is 0 Å². The second kappa shape index (κ2) is 8.20. The Hall–Kier alpha value is -1.32. The predicted octanol–water partition coefficient (Wildman–Crippen LogP) is 2.54. The second-order valence-electron chi connectivity index (χ2n) is 6.37. The van der Waals surface area contributed by atoms with Crippen LogP contribution in [-0.2, 0) is 9.59 Å². The van der Waals surface area contributed by atoms with Crippen molar-refractivity contribution in [2.24, 2.45) is 11.8 Å². The summed E-state index contributed by atoms with van der Waals surface area (Å²) in [7, 11) is 0. The number of nitrogens with one attached hydrogen (secondary N) is 2. The fraction of sp³-hybridized carbons (Fsp3) is 0.765. The van der Waals surface area contributed by atoms with E-state index in [2.05, 4.69) is 29.7 Å². The van der Waals surface area contributed by atoms with E-state index in [9.17, 15) is 9.59 Å². The Labute approximate surface area is 127 Å². The molecule has 0 bridgehead atoms. The molecule has 1 unspecified atom stereocenters. The SMILES string of the molecule is C/C=C/CC1CCC(C(=O)NC2CCCCNC2=O)CC1. The minimum Gasteiger partial charge on any atom is -0.354 e. The molecule has 2 N–H and O–H groups in total. The number of hydrogen-bond acceptors (Lipinski definition) is 2. The summed E-state index contributed by atoms with van der Waals surface area (Å²) in [5.41, 5.74) is 0. The maximum atomic E-state index is 12.3. The summed E-state index contributed by atoms with van der Waals surface area (Å²) in [6, 6.07) is -0.319. The lowest BCUT2D eigenvalue weighted by Gasteiger charge is -2.28. The molecule has 1 atom stereocenters. The number of hydrogen-bond donors (Lipinski definition) is 2. The molecule has 0 spiro atoms. The molecular weight excluding hydrogens is 264 g/mol. The standard InChI is InChI=1S/C17H28N2O2/c1-2-3-6-13-8-10-14(11-9-13)16(20)19-15-7-4-5-12-18-17(15)21/h2-3,13-15H,4-12H2,1H3,(H,18,21)(H,19,20)/b3-2+. The lowest BCUT2D eigenvalue weighted by molar-refractivity contribution is -0.131. The molecule has 4 heteroatoms. The lowest BCUT2D eigenvalue weighted by Crippen LogP contribution is -2.47. The van der Waals surface area contributed by atoms with E-state index >= 15 is 0 Å². The minimum atomic E-state index is -0.319. The quantitative estimate of drug-likeness (QED) is 0.782. The first-order valence-corrected chi connectivity index (χ1v) is 8.40. The van der Waals surface area contributed by atoms with Crippen molar-refractivity contribution >= 4 is 11.8 Å². The Bertz CT molecular complexity index is 384. The third kappa shape index (κ3) is 4.87. The summed E-state index contributed by atoms with van der Waals surface area (Å²) < 4.78 is 0. The Kier molecular flexibility index (Phi) is 6.27. The molecule has 1 saturated heterocycles. The maximum Gasteiger partial charge on any atom is 0.242 e. The molecule has 0 radical (unpaired) electrons. The number of amides is 2. The summed E-state index contributed by atoms with van der Waals surface area (Å²) >= 11 is 0. The maximum absolute atomic E-state index is 12.3. The van der Waals surface area contributed by atoms with Crippen LogP contribution in [0, 0.1) is 11.8 Å². The first kappa shape index (κ1) is 16.1. The Balaban J connectivity index is 1.77. The van der Waals surface area contributed by atoms with Crippen LogP contribution in [0.5, 0.6) is 0 Å². The molecule has 0 aromatic carbocycles. The predicted molar refractivity (Wildman–Crippen MR) is 83.7 cm³/mol. The smallest absolute Gasteiger partial charge is 0.242 e. The Morgan fingerprint density at radius 1 is 1.24 bits per heavy atom. The minimum absolute atomic E-state index is 0.0115. The first-order valence-electron chi connectivity index (χ1n) is 8.40. The molecule has 1 heterocycles. The van der Waals surface area contributed by atoms with Gasteiger partial charge < -0.3 is 10.6 Å². The highest BCUT2D eigenvalue weighted by atomic mass is 16.2. The molecule has 118 valence electrons. The average Bonchev–Trinajstić information content (AvgIpc) is 2.70. The number of carbonyl (C=O) groups excluding carboxylic acids is 2. The van der Waals surface area contributed by atoms with Gasteiger partial charge in [0.15, 0.2) is 0 Å². The Morgan fingerprint density at radius 3 is 2.71 bits per heavy atom. The van der Waals surface area contributed by atoms with Gasteiger partial charge in [-0.3, -0.25) is 9.59 Å². The van der Waals surface area contributed by atoms with Gasteiger partial charge in [-0.2, -0.15) is 0 Å². The molecule has 21 heavy (non-hydrogen) atoms. The van der Waals surface area contributed by atoms with Crippen LogP contribution in [0.25, 0.3) is 0 Å². The molecule has 4 nitrogen and oxygen atoms in total. The van der Waals surface area contributed by atoms with Gasteiger partial charge in [0.2, 0.25) is 11.8 Å². The zero-order valence-corrected chi connectivity index (χ0v) is 13.1. The van der Waals surface area contributed by atoms with Crippen LogP contribution in [0.15, 0.2) is 12.2 Å². The van der Waals surface area contributed by atoms with Gasteiger partial charge in [-0.05, 0) is 64.2 Å². The van der Waals surface area contributed by atoms with Gasteiger partial charge >= 0.3 is 0 Å². The summed E-state index contributed by atoms with van der Waals surface area (Å²) in [6.07, 6.45) is 12.4. The fourth-order valence-electron chi connectivity index (χ4n) is 3.36. The van der Waals surface area contributed by atoms with Gasteiger partial charge in [0.25, 0.3) is 0 Å². The second-order valence-corrected chi connectivity index (χ2v) is 6.37. The zero-order valence-electron chi connectivity index (χ0n) is 13.1. The highest BCUT2D eigenvalue weighted by molar-refractivity contribution is 5.88. The van der Waals surface area contributed by atoms with E-state index in [4.69, 9.17) is 0 Å². The van der Waals surface area contributed by atoms with Crippen molar-refractivity contribution in [2.45, 2.75) is 64.3 Å². The van der Waals surface area contributed by atoms with Crippen LogP contribution in [0.4, 0.5) is 0 Å². The Morgan fingerprint density at radius 2 is 2.00 bits per heavy atom. The number of rotatable bonds is 4. The monoisotopic (exact) mass is 292 g/mol. The van der Waals surface area contributed by atoms with Crippen molar-refractivity contribution in [3.8, 4) is 0 Å². The van der Waals surface area contributed by atoms with E-state index < -0.39 is 0 Å². The van der Waals surface area contributed by atoms with Crippen LogP contribution >= 0.6 is 0 Å². The molecular formula is C17H28N2O2. The molecule has 2 fully saturated rings. The third-order valence-corrected chi connectivity index (χ3v) is 4.77. The van der Waals surface area contributed by atoms with Gasteiger partial charge in [-0.25, -0.2) is 0 Å². The molecule has 2 rings (SSSR count). The van der Waals surface area contributed by atoms with Crippen molar-refractivity contribution in [3.63, 3.8) is 0 Å². The van der Waals surface area contributed by atoms with Gasteiger partial charge in [-0.1, -0.05) is 12.2 Å². The summed E-state index contributed by atoms with van der Waals surface area (Å²) in [5, 5.41) is 5.84. The largest absolute Gasteiger partial charge is 0.354 e. The van der Waals surface area contributed by atoms with E-state index in [1.165, 1.54) is 0 Å². The normalized spacial score (nSPS) is 30.7. The molecule has 2 amide bonds. The van der Waals surface area contributed by atoms with Gasteiger partial charge in [-0.15, -0.1) is 0 Å². The highest BCUT2D eigenvalue weighted by Gasteiger charge is 2.29. The number of allylic oxidation sites excluding steroid dienone is 2. The third-order valence-electron chi connectivity index (χ3n) is 4.77. The molecule has 0 aromatic rings. The molecule has 0 aromatic heterocycles. The van der Waals surface area contributed by atoms with E-state index in [1.54, 1.807) is 0 Å². The van der Waals surface area contributed by atoms with Gasteiger partial charge in [0.05, 0.1) is 0 Å². The van der Waals surface area contributed by atoms with E-state index in [0.29, 0.717) is 0 Å². The molecule has 1 aliphatic carbocycles. The summed E-state index contributed by atoms with van der Waals surface area (Å²) in [4.78, 5) is 24.2. The van der Waals surface area contributed by atoms with Crippen molar-refractivity contribution < 1.29 is 9.59 Å². The van der Waals surface area contributed by atoms with Crippen molar-refractivity contribution in [2.75, 3.05) is 6.54 Å². The summed E-state index contributed by atoms with van der Waals surface area (Å²) in [5.74, 6) is 0.901. The van der Waals surface area contributed by atoms with Crippen LogP contribution in [-0.4, -0.2) is 24.4 Å². The van der Waals surface area contributed by atoms with Crippen LogP contribution < -0.4 is 10.6 Å². The van der Waals surface area contributed by atoms with Gasteiger partial charge in [0, 0.05) is 12.5 Å². The molecule has 1 aliphatic heterocycles. The fourth-order valence-corrected chi connectivity index (χ4v) is 3.36. The van der Waals surface area contributed by atoms with Crippen LogP contribution in [0.3, 0.4) is 0 Å². The lowest BCUT2D eigenvalue weighted by atomic mass is 9.80. The van der Waals surface area contributed by atoms with E-state index in [0.717, 1.165) is 63.8 Å². The summed E-state index contributed by atoms with van der Waals surface area (Å²) in [6.45, 7) is 2.79. The van der Waals surface area contributed by atoms with Crippen molar-refractivity contribution in [1.29, 1.82) is 0 Å². The average molecular weight is 292 g/mol. The van der Waals surface area contributed by atoms with Crippen LogP contribution in [0.2, 0.25) is 0 Å². The van der Waals surface area contributed by atoms with E-state index in [-0.39, 0.29) is 23.8 Å². The van der Waals surface area contributed by atoms with Crippen molar-refractivity contribution in [3.05, 3.63) is 12.2 Å². The molecule has 2 aliphatic rings.